The topological polar surface area (TPSA) is 29.5 Å². The first-order chi connectivity index (χ1) is 9.10. The Balaban J connectivity index is 2.31. The number of carbonyl (C=O) groups excluding carboxylic acids is 1. The Kier molecular flexibility index (Phi) is 3.95. The molecule has 0 unspecified atom stereocenters. The highest BCUT2D eigenvalue weighted by atomic mass is 79.9. The predicted molar refractivity (Wildman–Crippen MR) is 79.2 cm³/mol. The number of hydrogen-bond donors (Lipinski definition) is 0. The molecule has 110 valence electrons. The van der Waals surface area contributed by atoms with Crippen molar-refractivity contribution in [3.05, 3.63) is 34.1 Å². The van der Waals surface area contributed by atoms with Crippen LogP contribution in [0.4, 0.5) is 4.39 Å². The third-order valence-corrected chi connectivity index (χ3v) is 3.64. The molecule has 0 radical (unpaired) electrons. The van der Waals surface area contributed by atoms with Gasteiger partial charge in [-0.1, -0.05) is 15.9 Å². The molecule has 1 aromatic carbocycles. The molecule has 5 heteroatoms. The Hall–Kier alpha value is -0.940. The first-order valence-corrected chi connectivity index (χ1v) is 7.33. The van der Waals surface area contributed by atoms with Crippen molar-refractivity contribution in [3.63, 3.8) is 0 Å². The van der Waals surface area contributed by atoms with Gasteiger partial charge in [0, 0.05) is 17.6 Å². The van der Waals surface area contributed by atoms with E-state index in [1.54, 1.807) is 11.0 Å². The Morgan fingerprint density at radius 1 is 1.25 bits per heavy atom. The fourth-order valence-electron chi connectivity index (χ4n) is 2.76. The van der Waals surface area contributed by atoms with E-state index in [-0.39, 0.29) is 11.5 Å². The summed E-state index contributed by atoms with van der Waals surface area (Å²) in [6, 6.07) is 4.40. The van der Waals surface area contributed by atoms with Gasteiger partial charge in [0.05, 0.1) is 16.8 Å². The zero-order valence-electron chi connectivity index (χ0n) is 12.2. The third-order valence-electron chi connectivity index (χ3n) is 3.14. The van der Waals surface area contributed by atoms with Crippen molar-refractivity contribution < 1.29 is 13.9 Å². The fraction of sp³-hybridized carbons (Fsp3) is 0.533. The molecular weight excluding hydrogens is 325 g/mol. The molecule has 2 rings (SSSR count). The Morgan fingerprint density at radius 3 is 2.35 bits per heavy atom. The second-order valence-electron chi connectivity index (χ2n) is 6.41. The summed E-state index contributed by atoms with van der Waals surface area (Å²) >= 11 is 3.27. The van der Waals surface area contributed by atoms with E-state index in [2.05, 4.69) is 15.9 Å². The number of hydrogen-bond acceptors (Lipinski definition) is 2. The normalized spacial score (nSPS) is 20.8. The van der Waals surface area contributed by atoms with E-state index in [0.717, 1.165) is 0 Å². The summed E-state index contributed by atoms with van der Waals surface area (Å²) in [7, 11) is 0. The highest BCUT2D eigenvalue weighted by molar-refractivity contribution is 9.10. The third kappa shape index (κ3) is 3.38. The molecule has 0 aromatic heterocycles. The van der Waals surface area contributed by atoms with Crippen LogP contribution < -0.4 is 0 Å². The number of amides is 1. The van der Waals surface area contributed by atoms with Crippen LogP contribution >= 0.6 is 15.9 Å². The van der Waals surface area contributed by atoms with Gasteiger partial charge in [0.1, 0.15) is 5.82 Å². The van der Waals surface area contributed by atoms with E-state index in [0.29, 0.717) is 17.6 Å². The fourth-order valence-corrected chi connectivity index (χ4v) is 3.12. The molecule has 1 aromatic rings. The van der Waals surface area contributed by atoms with E-state index >= 15 is 0 Å². The average Bonchev–Trinajstić information content (AvgIpc) is 2.27. The van der Waals surface area contributed by atoms with E-state index in [1.807, 2.05) is 27.7 Å². The Morgan fingerprint density at radius 2 is 1.80 bits per heavy atom. The number of ether oxygens (including phenoxy) is 1. The molecular formula is C15H19BrFNO2. The highest BCUT2D eigenvalue weighted by Gasteiger charge is 2.40. The zero-order chi connectivity index (χ0) is 15.1. The highest BCUT2D eigenvalue weighted by Crippen LogP contribution is 2.29. The number of benzene rings is 1. The second-order valence-corrected chi connectivity index (χ2v) is 7.32. The number of halogens is 2. The molecule has 20 heavy (non-hydrogen) atoms. The van der Waals surface area contributed by atoms with Gasteiger partial charge in [0.15, 0.2) is 0 Å². The van der Waals surface area contributed by atoms with Crippen molar-refractivity contribution in [1.29, 1.82) is 0 Å². The van der Waals surface area contributed by atoms with Crippen LogP contribution in [0.25, 0.3) is 0 Å². The van der Waals surface area contributed by atoms with Crippen LogP contribution in [0, 0.1) is 5.82 Å². The first kappa shape index (κ1) is 15.4. The van der Waals surface area contributed by atoms with Crippen LogP contribution in [0.1, 0.15) is 38.1 Å². The average molecular weight is 344 g/mol. The molecule has 1 amide bonds. The maximum Gasteiger partial charge on any atom is 0.257 e. The molecule has 0 N–H and O–H groups in total. The molecule has 0 atom stereocenters. The lowest BCUT2D eigenvalue weighted by Crippen LogP contribution is -2.58. The lowest BCUT2D eigenvalue weighted by Gasteiger charge is -2.47. The standard InChI is InChI=1S/C15H19BrFNO2/c1-14(2)8-18(9-15(3,4)20-14)13(19)11-7-10(16)5-6-12(11)17/h5-7H,8-9H2,1-4H3. The molecule has 1 aliphatic rings. The molecule has 0 bridgehead atoms. The summed E-state index contributed by atoms with van der Waals surface area (Å²) in [5.74, 6) is -0.798. The summed E-state index contributed by atoms with van der Waals surface area (Å²) in [6.07, 6.45) is 0. The van der Waals surface area contributed by atoms with Crippen molar-refractivity contribution in [2.75, 3.05) is 13.1 Å². The van der Waals surface area contributed by atoms with Crippen LogP contribution in [-0.4, -0.2) is 35.1 Å². The molecule has 1 saturated heterocycles. The van der Waals surface area contributed by atoms with Crippen LogP contribution in [0.5, 0.6) is 0 Å². The maximum absolute atomic E-state index is 13.9. The number of morpholine rings is 1. The number of rotatable bonds is 1. The monoisotopic (exact) mass is 343 g/mol. The van der Waals surface area contributed by atoms with Gasteiger partial charge in [-0.25, -0.2) is 4.39 Å². The van der Waals surface area contributed by atoms with Gasteiger partial charge >= 0.3 is 0 Å². The van der Waals surface area contributed by atoms with Crippen LogP contribution in [0.15, 0.2) is 22.7 Å². The van der Waals surface area contributed by atoms with Gasteiger partial charge in [0.25, 0.3) is 5.91 Å². The van der Waals surface area contributed by atoms with Gasteiger partial charge in [-0.05, 0) is 45.9 Å². The van der Waals surface area contributed by atoms with Crippen molar-refractivity contribution in [1.82, 2.24) is 4.90 Å². The van der Waals surface area contributed by atoms with Gasteiger partial charge in [-0.15, -0.1) is 0 Å². The largest absolute Gasteiger partial charge is 0.366 e. The summed E-state index contributed by atoms with van der Waals surface area (Å²) in [5.41, 5.74) is -0.798. The van der Waals surface area contributed by atoms with Gasteiger partial charge < -0.3 is 9.64 Å². The summed E-state index contributed by atoms with van der Waals surface area (Å²) in [4.78, 5) is 14.2. The maximum atomic E-state index is 13.9. The summed E-state index contributed by atoms with van der Waals surface area (Å²) < 4.78 is 20.5. The molecule has 0 saturated carbocycles. The zero-order valence-corrected chi connectivity index (χ0v) is 13.8. The lowest BCUT2D eigenvalue weighted by atomic mass is 9.98. The van der Waals surface area contributed by atoms with Crippen molar-refractivity contribution in [3.8, 4) is 0 Å². The molecule has 0 spiro atoms. The smallest absolute Gasteiger partial charge is 0.257 e. The van der Waals surface area contributed by atoms with Gasteiger partial charge in [-0.2, -0.15) is 0 Å². The molecule has 1 fully saturated rings. The SMILES string of the molecule is CC1(C)CN(C(=O)c2cc(Br)ccc2F)CC(C)(C)O1. The number of carbonyl (C=O) groups is 1. The lowest BCUT2D eigenvalue weighted by molar-refractivity contribution is -0.171. The first-order valence-electron chi connectivity index (χ1n) is 6.54. The molecule has 1 heterocycles. The second kappa shape index (κ2) is 5.11. The quantitative estimate of drug-likeness (QED) is 0.779. The molecule has 0 aliphatic carbocycles. The van der Waals surface area contributed by atoms with Gasteiger partial charge in [-0.3, -0.25) is 4.79 Å². The summed E-state index contributed by atoms with van der Waals surface area (Å²) in [5, 5.41) is 0. The Bertz CT molecular complexity index is 527. The van der Waals surface area contributed by atoms with Crippen molar-refractivity contribution in [2.45, 2.75) is 38.9 Å². The van der Waals surface area contributed by atoms with E-state index in [1.165, 1.54) is 12.1 Å². The van der Waals surface area contributed by atoms with Crippen LogP contribution in [0.3, 0.4) is 0 Å². The minimum atomic E-state index is -0.500. The van der Waals surface area contributed by atoms with Crippen LogP contribution in [-0.2, 0) is 4.74 Å². The van der Waals surface area contributed by atoms with E-state index in [9.17, 15) is 9.18 Å². The number of nitrogens with zero attached hydrogens (tertiary/aromatic N) is 1. The van der Waals surface area contributed by atoms with Crippen molar-refractivity contribution in [2.24, 2.45) is 0 Å². The minimum absolute atomic E-state index is 0.0906. The summed E-state index contributed by atoms with van der Waals surface area (Å²) in [6.45, 7) is 8.64. The van der Waals surface area contributed by atoms with E-state index < -0.39 is 17.0 Å². The molecule has 1 aliphatic heterocycles. The molecule has 3 nitrogen and oxygen atoms in total. The van der Waals surface area contributed by atoms with E-state index in [4.69, 9.17) is 4.74 Å². The van der Waals surface area contributed by atoms with Gasteiger partial charge in [0.2, 0.25) is 0 Å². The van der Waals surface area contributed by atoms with Crippen molar-refractivity contribution >= 4 is 21.8 Å². The Labute approximate surface area is 127 Å². The predicted octanol–water partition coefficient (Wildman–Crippen LogP) is 3.62. The minimum Gasteiger partial charge on any atom is -0.366 e. The van der Waals surface area contributed by atoms with Crippen LogP contribution in [0.2, 0.25) is 0 Å².